The number of carbonyl (C=O) groups is 1. The smallest absolute Gasteiger partial charge is 0.341 e. The summed E-state index contributed by atoms with van der Waals surface area (Å²) < 4.78 is 10.8. The molecule has 2 aliphatic heterocycles. The number of hydrogen-bond donors (Lipinski definition) is 0. The normalized spacial score (nSPS) is 25.3. The average molecular weight is 303 g/mol. The fraction of sp³-hybridized carbons (Fsp3) is 0.611. The van der Waals surface area contributed by atoms with Crippen molar-refractivity contribution in [1.82, 2.24) is 4.90 Å². The lowest BCUT2D eigenvalue weighted by Gasteiger charge is -2.44. The van der Waals surface area contributed by atoms with Crippen molar-refractivity contribution < 1.29 is 14.3 Å². The van der Waals surface area contributed by atoms with Gasteiger partial charge in [-0.3, -0.25) is 4.90 Å². The van der Waals surface area contributed by atoms with Gasteiger partial charge in [-0.2, -0.15) is 0 Å². The Labute approximate surface area is 132 Å². The van der Waals surface area contributed by atoms with E-state index in [0.717, 1.165) is 0 Å². The standard InChI is InChI=1S/C18H25NO3/c1-21-17-10-3-2-8-15(17)18(20)22-13-14-7-6-12-19-11-5-4-9-16(14)19/h2-3,8,10,14,16H,4-7,9,11-13H2,1H3/t14-,16+/m1/s1. The summed E-state index contributed by atoms with van der Waals surface area (Å²) in [4.78, 5) is 14.9. The second-order valence-electron chi connectivity index (χ2n) is 6.30. The summed E-state index contributed by atoms with van der Waals surface area (Å²) in [6.07, 6.45) is 6.24. The molecule has 0 aromatic heterocycles. The van der Waals surface area contributed by atoms with Crippen molar-refractivity contribution in [2.45, 2.75) is 38.1 Å². The Kier molecular flexibility index (Phi) is 4.98. The lowest BCUT2D eigenvalue weighted by molar-refractivity contribution is 0.00722. The summed E-state index contributed by atoms with van der Waals surface area (Å²) in [7, 11) is 1.58. The molecule has 2 atom stereocenters. The van der Waals surface area contributed by atoms with Crippen molar-refractivity contribution in [3.05, 3.63) is 29.8 Å². The van der Waals surface area contributed by atoms with E-state index in [1.807, 2.05) is 12.1 Å². The number of carbonyl (C=O) groups excluding carboxylic acids is 1. The van der Waals surface area contributed by atoms with Gasteiger partial charge in [0.25, 0.3) is 0 Å². The fourth-order valence-electron chi connectivity index (χ4n) is 3.85. The van der Waals surface area contributed by atoms with Crippen LogP contribution >= 0.6 is 0 Å². The molecule has 0 N–H and O–H groups in total. The van der Waals surface area contributed by atoms with Crippen LogP contribution in [-0.2, 0) is 4.74 Å². The number of benzene rings is 1. The van der Waals surface area contributed by atoms with Crippen LogP contribution in [0.5, 0.6) is 5.75 Å². The molecule has 0 saturated carbocycles. The molecule has 1 aromatic carbocycles. The van der Waals surface area contributed by atoms with E-state index in [2.05, 4.69) is 4.90 Å². The zero-order chi connectivity index (χ0) is 15.4. The van der Waals surface area contributed by atoms with Gasteiger partial charge in [0.2, 0.25) is 0 Å². The van der Waals surface area contributed by atoms with Gasteiger partial charge in [-0.1, -0.05) is 18.6 Å². The Balaban J connectivity index is 1.60. The summed E-state index contributed by atoms with van der Waals surface area (Å²) >= 11 is 0. The van der Waals surface area contributed by atoms with Crippen molar-refractivity contribution in [3.63, 3.8) is 0 Å². The quantitative estimate of drug-likeness (QED) is 0.801. The third-order valence-electron chi connectivity index (χ3n) is 4.98. The second kappa shape index (κ2) is 7.14. The molecule has 0 aliphatic carbocycles. The number of piperidine rings is 2. The Morgan fingerprint density at radius 3 is 2.86 bits per heavy atom. The zero-order valence-corrected chi connectivity index (χ0v) is 13.3. The van der Waals surface area contributed by atoms with Gasteiger partial charge in [-0.15, -0.1) is 0 Å². The van der Waals surface area contributed by atoms with Gasteiger partial charge in [0.05, 0.1) is 13.7 Å². The SMILES string of the molecule is COc1ccccc1C(=O)OC[C@H]1CCCN2CCCC[C@@H]12. The molecule has 3 rings (SSSR count). The van der Waals surface area contributed by atoms with Crippen LogP contribution in [0, 0.1) is 5.92 Å². The maximum absolute atomic E-state index is 12.3. The van der Waals surface area contributed by atoms with E-state index in [1.54, 1.807) is 19.2 Å². The monoisotopic (exact) mass is 303 g/mol. The summed E-state index contributed by atoms with van der Waals surface area (Å²) in [5.41, 5.74) is 0.515. The van der Waals surface area contributed by atoms with E-state index in [0.29, 0.717) is 29.9 Å². The topological polar surface area (TPSA) is 38.8 Å². The highest BCUT2D eigenvalue weighted by Crippen LogP contribution is 2.31. The third-order valence-corrected chi connectivity index (χ3v) is 4.98. The Hall–Kier alpha value is -1.55. The molecule has 4 nitrogen and oxygen atoms in total. The van der Waals surface area contributed by atoms with Crippen LogP contribution in [0.1, 0.15) is 42.5 Å². The van der Waals surface area contributed by atoms with Crippen LogP contribution in [0.4, 0.5) is 0 Å². The molecule has 22 heavy (non-hydrogen) atoms. The van der Waals surface area contributed by atoms with Crippen molar-refractivity contribution in [2.24, 2.45) is 5.92 Å². The number of fused-ring (bicyclic) bond motifs is 1. The van der Waals surface area contributed by atoms with Crippen molar-refractivity contribution in [1.29, 1.82) is 0 Å². The average Bonchev–Trinajstić information content (AvgIpc) is 2.59. The number of para-hydroxylation sites is 1. The first-order valence-electron chi connectivity index (χ1n) is 8.34. The van der Waals surface area contributed by atoms with Crippen molar-refractivity contribution >= 4 is 5.97 Å². The van der Waals surface area contributed by atoms with Crippen LogP contribution in [0.15, 0.2) is 24.3 Å². The van der Waals surface area contributed by atoms with Crippen LogP contribution in [0.2, 0.25) is 0 Å². The minimum absolute atomic E-state index is 0.273. The molecule has 0 spiro atoms. The first kappa shape index (κ1) is 15.3. The summed E-state index contributed by atoms with van der Waals surface area (Å²) in [5.74, 6) is 0.786. The molecule has 120 valence electrons. The number of rotatable bonds is 4. The van der Waals surface area contributed by atoms with Gasteiger partial charge in [-0.05, 0) is 50.9 Å². The van der Waals surface area contributed by atoms with Gasteiger partial charge < -0.3 is 9.47 Å². The Morgan fingerprint density at radius 2 is 2.00 bits per heavy atom. The van der Waals surface area contributed by atoms with Crippen molar-refractivity contribution in [2.75, 3.05) is 26.8 Å². The predicted molar refractivity (Wildman–Crippen MR) is 85.2 cm³/mol. The molecular formula is C18H25NO3. The van der Waals surface area contributed by atoms with E-state index in [-0.39, 0.29) is 5.97 Å². The zero-order valence-electron chi connectivity index (χ0n) is 13.3. The molecule has 2 aliphatic rings. The molecule has 2 fully saturated rings. The molecule has 0 bridgehead atoms. The molecule has 2 heterocycles. The van der Waals surface area contributed by atoms with Crippen LogP contribution in [-0.4, -0.2) is 43.7 Å². The van der Waals surface area contributed by atoms with E-state index in [4.69, 9.17) is 9.47 Å². The van der Waals surface area contributed by atoms with Crippen molar-refractivity contribution in [3.8, 4) is 5.75 Å². The summed E-state index contributed by atoms with van der Waals surface area (Å²) in [5, 5.41) is 0. The minimum Gasteiger partial charge on any atom is -0.496 e. The van der Waals surface area contributed by atoms with Gasteiger partial charge in [0.1, 0.15) is 11.3 Å². The molecular weight excluding hydrogens is 278 g/mol. The van der Waals surface area contributed by atoms with E-state index >= 15 is 0 Å². The van der Waals surface area contributed by atoms with Crippen LogP contribution < -0.4 is 4.74 Å². The van der Waals surface area contributed by atoms with Gasteiger partial charge in [0.15, 0.2) is 0 Å². The molecule has 2 saturated heterocycles. The maximum Gasteiger partial charge on any atom is 0.341 e. The van der Waals surface area contributed by atoms with E-state index < -0.39 is 0 Å². The molecule has 0 unspecified atom stereocenters. The van der Waals surface area contributed by atoms with Crippen LogP contribution in [0.3, 0.4) is 0 Å². The lowest BCUT2D eigenvalue weighted by atomic mass is 9.84. The van der Waals surface area contributed by atoms with E-state index in [9.17, 15) is 4.79 Å². The number of nitrogens with zero attached hydrogens (tertiary/aromatic N) is 1. The fourth-order valence-corrected chi connectivity index (χ4v) is 3.85. The highest BCUT2D eigenvalue weighted by Gasteiger charge is 2.33. The summed E-state index contributed by atoms with van der Waals surface area (Å²) in [6.45, 7) is 2.95. The number of methoxy groups -OCH3 is 1. The minimum atomic E-state index is -0.273. The Bertz CT molecular complexity index is 515. The van der Waals surface area contributed by atoms with Gasteiger partial charge in [0, 0.05) is 12.0 Å². The second-order valence-corrected chi connectivity index (χ2v) is 6.30. The van der Waals surface area contributed by atoms with E-state index in [1.165, 1.54) is 45.2 Å². The maximum atomic E-state index is 12.3. The molecule has 1 aromatic rings. The predicted octanol–water partition coefficient (Wildman–Crippen LogP) is 3.12. The first-order chi connectivity index (χ1) is 10.8. The molecule has 4 heteroatoms. The number of esters is 1. The molecule has 0 amide bonds. The molecule has 0 radical (unpaired) electrons. The van der Waals surface area contributed by atoms with Gasteiger partial charge in [-0.25, -0.2) is 4.79 Å². The summed E-state index contributed by atoms with van der Waals surface area (Å²) in [6, 6.07) is 7.85. The lowest BCUT2D eigenvalue weighted by Crippen LogP contribution is -2.49. The van der Waals surface area contributed by atoms with Gasteiger partial charge >= 0.3 is 5.97 Å². The van der Waals surface area contributed by atoms with Crippen LogP contribution in [0.25, 0.3) is 0 Å². The number of ether oxygens (including phenoxy) is 2. The first-order valence-corrected chi connectivity index (χ1v) is 8.34. The Morgan fingerprint density at radius 1 is 1.18 bits per heavy atom. The third kappa shape index (κ3) is 3.27. The highest BCUT2D eigenvalue weighted by molar-refractivity contribution is 5.92. The largest absolute Gasteiger partial charge is 0.496 e. The highest BCUT2D eigenvalue weighted by atomic mass is 16.5. The number of hydrogen-bond acceptors (Lipinski definition) is 4.